The molecule has 0 heterocycles. The van der Waals surface area contributed by atoms with E-state index >= 15 is 4.39 Å². The van der Waals surface area contributed by atoms with Gasteiger partial charge in [-0.1, -0.05) is 25.5 Å². The maximum Gasteiger partial charge on any atom is 0.137 e. The maximum absolute atomic E-state index is 15.2. The van der Waals surface area contributed by atoms with Crippen molar-refractivity contribution in [3.8, 4) is 5.75 Å². The first-order valence-electron chi connectivity index (χ1n) is 9.52. The van der Waals surface area contributed by atoms with Crippen molar-refractivity contribution in [2.75, 3.05) is 7.11 Å². The molecule has 4 atom stereocenters. The summed E-state index contributed by atoms with van der Waals surface area (Å²) in [5.41, 5.74) is 0.702. The highest BCUT2D eigenvalue weighted by atomic mass is 19.1. The number of halogens is 2. The van der Waals surface area contributed by atoms with Gasteiger partial charge in [0.1, 0.15) is 17.4 Å². The summed E-state index contributed by atoms with van der Waals surface area (Å²) in [6, 6.07) is 6.68. The van der Waals surface area contributed by atoms with Gasteiger partial charge in [0.25, 0.3) is 0 Å². The zero-order valence-corrected chi connectivity index (χ0v) is 15.0. The van der Waals surface area contributed by atoms with Crippen LogP contribution >= 0.6 is 0 Å². The predicted molar refractivity (Wildman–Crippen MR) is 97.0 cm³/mol. The van der Waals surface area contributed by atoms with E-state index < -0.39 is 5.82 Å². The molecule has 1 nitrogen and oxygen atoms in total. The topological polar surface area (TPSA) is 9.23 Å². The van der Waals surface area contributed by atoms with E-state index in [1.807, 2.05) is 12.1 Å². The molecule has 4 rings (SSSR count). The van der Waals surface area contributed by atoms with Gasteiger partial charge in [0, 0.05) is 6.07 Å². The van der Waals surface area contributed by atoms with Crippen LogP contribution in [0.1, 0.15) is 56.9 Å². The molecule has 2 fully saturated rings. The summed E-state index contributed by atoms with van der Waals surface area (Å²) in [5.74, 6) is 2.10. The van der Waals surface area contributed by atoms with Crippen molar-refractivity contribution < 1.29 is 13.5 Å². The van der Waals surface area contributed by atoms with E-state index in [9.17, 15) is 4.39 Å². The molecule has 134 valence electrons. The Hall–Kier alpha value is -1.64. The molecule has 2 saturated carbocycles. The molecule has 3 heteroatoms. The van der Waals surface area contributed by atoms with Crippen LogP contribution in [0.2, 0.25) is 0 Å². The lowest BCUT2D eigenvalue weighted by molar-refractivity contribution is 0.124. The molecule has 0 radical (unpaired) electrons. The molecule has 2 aliphatic carbocycles. The van der Waals surface area contributed by atoms with Crippen molar-refractivity contribution in [1.29, 1.82) is 0 Å². The van der Waals surface area contributed by atoms with Gasteiger partial charge in [0.05, 0.1) is 12.5 Å². The first-order valence-corrected chi connectivity index (χ1v) is 9.52. The summed E-state index contributed by atoms with van der Waals surface area (Å²) in [5, 5.41) is 0.677. The van der Waals surface area contributed by atoms with Crippen LogP contribution in [-0.2, 0) is 0 Å². The second-order valence-electron chi connectivity index (χ2n) is 8.12. The van der Waals surface area contributed by atoms with Crippen molar-refractivity contribution in [2.24, 2.45) is 17.8 Å². The quantitative estimate of drug-likeness (QED) is 0.608. The molecule has 0 amide bonds. The van der Waals surface area contributed by atoms with E-state index in [1.165, 1.54) is 38.9 Å². The van der Waals surface area contributed by atoms with Crippen LogP contribution in [0.5, 0.6) is 5.75 Å². The summed E-state index contributed by atoms with van der Waals surface area (Å²) in [7, 11) is 1.49. The summed E-state index contributed by atoms with van der Waals surface area (Å²) in [6.45, 7) is 2.35. The Balaban J connectivity index is 1.66. The minimum atomic E-state index is -0.533. The Labute approximate surface area is 148 Å². The average molecular weight is 344 g/mol. The van der Waals surface area contributed by atoms with E-state index in [4.69, 9.17) is 4.74 Å². The van der Waals surface area contributed by atoms with Crippen molar-refractivity contribution in [2.45, 2.75) is 51.4 Å². The lowest BCUT2D eigenvalue weighted by Gasteiger charge is -2.41. The molecule has 0 saturated heterocycles. The molecule has 0 aliphatic heterocycles. The van der Waals surface area contributed by atoms with Crippen LogP contribution in [0.4, 0.5) is 8.78 Å². The lowest BCUT2D eigenvalue weighted by Crippen LogP contribution is -2.29. The molecular formula is C22H26F2O. The minimum Gasteiger partial charge on any atom is -0.497 e. The Morgan fingerprint density at radius 3 is 2.52 bits per heavy atom. The number of fused-ring (bicyclic) bond motifs is 2. The average Bonchev–Trinajstić information content (AvgIpc) is 2.61. The summed E-state index contributed by atoms with van der Waals surface area (Å²) in [4.78, 5) is 0. The van der Waals surface area contributed by atoms with Gasteiger partial charge in [-0.2, -0.15) is 0 Å². The van der Waals surface area contributed by atoms with E-state index in [0.717, 1.165) is 24.7 Å². The monoisotopic (exact) mass is 344 g/mol. The fourth-order valence-corrected chi connectivity index (χ4v) is 5.20. The summed E-state index contributed by atoms with van der Waals surface area (Å²) in [6.07, 6.45) is 7.14. The molecule has 2 aliphatic rings. The SMILES string of the molecule is COc1cc(F)c2c(F)c(C3CCC4CC(C)CCC4C3)ccc2c1. The van der Waals surface area contributed by atoms with Crippen LogP contribution in [0, 0.1) is 29.4 Å². The van der Waals surface area contributed by atoms with Crippen LogP contribution in [-0.4, -0.2) is 7.11 Å². The summed E-state index contributed by atoms with van der Waals surface area (Å²) >= 11 is 0. The maximum atomic E-state index is 15.2. The molecule has 2 aromatic carbocycles. The number of methoxy groups -OCH3 is 1. The van der Waals surface area contributed by atoms with Crippen molar-refractivity contribution in [3.63, 3.8) is 0 Å². The second kappa shape index (κ2) is 6.59. The zero-order chi connectivity index (χ0) is 17.6. The van der Waals surface area contributed by atoms with Crippen molar-refractivity contribution in [1.82, 2.24) is 0 Å². The van der Waals surface area contributed by atoms with Gasteiger partial charge in [0.15, 0.2) is 0 Å². The van der Waals surface area contributed by atoms with E-state index in [2.05, 4.69) is 6.92 Å². The van der Waals surface area contributed by atoms with Gasteiger partial charge in [-0.25, -0.2) is 8.78 Å². The largest absolute Gasteiger partial charge is 0.497 e. The third-order valence-electron chi connectivity index (χ3n) is 6.56. The van der Waals surface area contributed by atoms with Crippen LogP contribution < -0.4 is 4.74 Å². The number of benzene rings is 2. The normalized spacial score (nSPS) is 29.4. The highest BCUT2D eigenvalue weighted by Crippen LogP contribution is 2.48. The van der Waals surface area contributed by atoms with Gasteiger partial charge < -0.3 is 4.74 Å². The van der Waals surface area contributed by atoms with E-state index in [0.29, 0.717) is 22.6 Å². The standard InChI is InChI=1S/C22H26F2O/c1-13-3-4-15-10-16(6-5-14(15)9-13)19-8-7-17-11-18(25-2)12-20(23)21(17)22(19)24/h7-8,11-16H,3-6,9-10H2,1-2H3. The Kier molecular flexibility index (Phi) is 4.43. The molecule has 0 N–H and O–H groups in total. The Bertz CT molecular complexity index is 785. The number of rotatable bonds is 2. The molecule has 25 heavy (non-hydrogen) atoms. The molecule has 0 aromatic heterocycles. The van der Waals surface area contributed by atoms with Gasteiger partial charge >= 0.3 is 0 Å². The van der Waals surface area contributed by atoms with Gasteiger partial charge in [-0.3, -0.25) is 0 Å². The molecule has 0 spiro atoms. The van der Waals surface area contributed by atoms with Gasteiger partial charge in [-0.15, -0.1) is 0 Å². The highest BCUT2D eigenvalue weighted by molar-refractivity contribution is 5.86. The van der Waals surface area contributed by atoms with Crippen molar-refractivity contribution in [3.05, 3.63) is 41.5 Å². The summed E-state index contributed by atoms with van der Waals surface area (Å²) < 4.78 is 34.7. The van der Waals surface area contributed by atoms with Crippen LogP contribution in [0.15, 0.2) is 24.3 Å². The smallest absolute Gasteiger partial charge is 0.137 e. The number of hydrogen-bond donors (Lipinski definition) is 0. The lowest BCUT2D eigenvalue weighted by atomic mass is 9.64. The van der Waals surface area contributed by atoms with E-state index in [-0.39, 0.29) is 17.1 Å². The third-order valence-corrected chi connectivity index (χ3v) is 6.56. The fraction of sp³-hybridized carbons (Fsp3) is 0.545. The van der Waals surface area contributed by atoms with Gasteiger partial charge in [-0.05, 0) is 72.8 Å². The number of hydrogen-bond acceptors (Lipinski definition) is 1. The Morgan fingerprint density at radius 2 is 1.72 bits per heavy atom. The van der Waals surface area contributed by atoms with E-state index in [1.54, 1.807) is 6.07 Å². The van der Waals surface area contributed by atoms with Gasteiger partial charge in [0.2, 0.25) is 0 Å². The molecular weight excluding hydrogens is 318 g/mol. The third kappa shape index (κ3) is 3.02. The molecule has 4 unspecified atom stereocenters. The first-order chi connectivity index (χ1) is 12.1. The predicted octanol–water partition coefficient (Wildman–Crippen LogP) is 6.45. The van der Waals surface area contributed by atoms with Crippen molar-refractivity contribution >= 4 is 10.8 Å². The molecule has 2 aromatic rings. The molecule has 0 bridgehead atoms. The number of ether oxygens (including phenoxy) is 1. The Morgan fingerprint density at radius 1 is 0.960 bits per heavy atom. The second-order valence-corrected chi connectivity index (χ2v) is 8.12. The fourth-order valence-electron chi connectivity index (χ4n) is 5.20. The highest BCUT2D eigenvalue weighted by Gasteiger charge is 2.35. The van der Waals surface area contributed by atoms with Crippen LogP contribution in [0.25, 0.3) is 10.8 Å². The first kappa shape index (κ1) is 16.8. The van der Waals surface area contributed by atoms with Crippen LogP contribution in [0.3, 0.4) is 0 Å². The zero-order valence-electron chi connectivity index (χ0n) is 15.0. The minimum absolute atomic E-state index is 0.109.